The topological polar surface area (TPSA) is 66.0 Å². The maximum atomic E-state index is 5.66. The summed E-state index contributed by atoms with van der Waals surface area (Å²) in [4.78, 5) is 9.30. The fourth-order valence-corrected chi connectivity index (χ4v) is 3.04. The highest BCUT2D eigenvalue weighted by molar-refractivity contribution is 7.09. The summed E-state index contributed by atoms with van der Waals surface area (Å²) in [6.45, 7) is 3.53. The predicted octanol–water partition coefficient (Wildman–Crippen LogP) is 3.04. The molecule has 110 valence electrons. The van der Waals surface area contributed by atoms with Crippen LogP contribution >= 0.6 is 11.3 Å². The number of nitrogens with zero attached hydrogens (tertiary/aromatic N) is 3. The molecule has 3 rings (SSSR count). The minimum absolute atomic E-state index is 0.465. The van der Waals surface area contributed by atoms with Gasteiger partial charge in [0.2, 0.25) is 0 Å². The van der Waals surface area contributed by atoms with Crippen molar-refractivity contribution in [2.24, 2.45) is 5.73 Å². The van der Waals surface area contributed by atoms with E-state index in [1.165, 1.54) is 0 Å². The van der Waals surface area contributed by atoms with Gasteiger partial charge in [0.15, 0.2) is 5.82 Å². The Morgan fingerprint density at radius 3 is 2.86 bits per heavy atom. The molecule has 2 N–H and O–H groups in total. The summed E-state index contributed by atoms with van der Waals surface area (Å²) in [5.74, 6) is 1.71. The van der Waals surface area contributed by atoms with E-state index in [2.05, 4.69) is 22.5 Å². The number of hydrogen-bond donors (Lipinski definition) is 1. The van der Waals surface area contributed by atoms with Crippen LogP contribution in [0, 0.1) is 0 Å². The summed E-state index contributed by atoms with van der Waals surface area (Å²) in [6.07, 6.45) is 1.04. The summed E-state index contributed by atoms with van der Waals surface area (Å²) < 4.78 is 7.49. The van der Waals surface area contributed by atoms with E-state index in [0.717, 1.165) is 46.3 Å². The molecule has 1 aromatic carbocycles. The second-order valence-corrected chi connectivity index (χ2v) is 5.71. The molecule has 6 heteroatoms. The summed E-state index contributed by atoms with van der Waals surface area (Å²) in [5, 5.41) is 2.95. The van der Waals surface area contributed by atoms with Crippen molar-refractivity contribution in [1.82, 2.24) is 14.5 Å². The number of methoxy groups -OCH3 is 1. The van der Waals surface area contributed by atoms with Gasteiger partial charge in [-0.25, -0.2) is 9.97 Å². The van der Waals surface area contributed by atoms with Crippen molar-refractivity contribution in [3.05, 3.63) is 28.6 Å². The standard InChI is InChI=1S/C15H18N4OS/c1-3-6-19-13-5-4-10(20-2)7-11(13)18-15(19)12-9-21-14(8-16)17-12/h4-5,7,9H,3,6,8,16H2,1-2H3. The number of benzene rings is 1. The number of nitrogens with two attached hydrogens (primary N) is 1. The van der Waals surface area contributed by atoms with Crippen LogP contribution in [0.15, 0.2) is 23.6 Å². The number of rotatable bonds is 5. The highest BCUT2D eigenvalue weighted by Crippen LogP contribution is 2.28. The van der Waals surface area contributed by atoms with Gasteiger partial charge in [-0.05, 0) is 18.6 Å². The summed E-state index contributed by atoms with van der Waals surface area (Å²) in [7, 11) is 1.67. The molecule has 2 aromatic heterocycles. The average Bonchev–Trinajstić information content (AvgIpc) is 3.11. The van der Waals surface area contributed by atoms with Crippen molar-refractivity contribution in [3.8, 4) is 17.3 Å². The zero-order valence-electron chi connectivity index (χ0n) is 12.2. The molecule has 0 radical (unpaired) electrons. The van der Waals surface area contributed by atoms with Crippen LogP contribution < -0.4 is 10.5 Å². The van der Waals surface area contributed by atoms with Gasteiger partial charge in [-0.1, -0.05) is 6.92 Å². The van der Waals surface area contributed by atoms with Gasteiger partial charge in [0.05, 0.1) is 18.1 Å². The molecule has 0 aliphatic carbocycles. The van der Waals surface area contributed by atoms with E-state index in [9.17, 15) is 0 Å². The molecule has 0 aliphatic rings. The average molecular weight is 302 g/mol. The van der Waals surface area contributed by atoms with Crippen LogP contribution in [0.3, 0.4) is 0 Å². The number of imidazole rings is 1. The normalized spacial score (nSPS) is 11.2. The molecule has 21 heavy (non-hydrogen) atoms. The highest BCUT2D eigenvalue weighted by atomic mass is 32.1. The SMILES string of the molecule is CCCn1c(-c2csc(CN)n2)nc2cc(OC)ccc21. The predicted molar refractivity (Wildman–Crippen MR) is 85.6 cm³/mol. The van der Waals surface area contributed by atoms with Gasteiger partial charge in [0.25, 0.3) is 0 Å². The summed E-state index contributed by atoms with van der Waals surface area (Å²) in [5.41, 5.74) is 8.58. The molecule has 0 spiro atoms. The molecule has 5 nitrogen and oxygen atoms in total. The van der Waals surface area contributed by atoms with Gasteiger partial charge in [0.1, 0.15) is 16.5 Å². The second kappa shape index (κ2) is 5.83. The van der Waals surface area contributed by atoms with E-state index < -0.39 is 0 Å². The highest BCUT2D eigenvalue weighted by Gasteiger charge is 2.15. The molecule has 0 saturated carbocycles. The first-order chi connectivity index (χ1) is 10.3. The lowest BCUT2D eigenvalue weighted by Gasteiger charge is -2.06. The molecule has 0 bridgehead atoms. The minimum Gasteiger partial charge on any atom is -0.497 e. The van der Waals surface area contributed by atoms with E-state index in [1.54, 1.807) is 18.4 Å². The van der Waals surface area contributed by atoms with Crippen molar-refractivity contribution in [1.29, 1.82) is 0 Å². The molecule has 0 unspecified atom stereocenters. The van der Waals surface area contributed by atoms with Gasteiger partial charge >= 0.3 is 0 Å². The van der Waals surface area contributed by atoms with Crippen LogP contribution in [0.4, 0.5) is 0 Å². The molecule has 3 aromatic rings. The lowest BCUT2D eigenvalue weighted by molar-refractivity contribution is 0.415. The monoisotopic (exact) mass is 302 g/mol. The van der Waals surface area contributed by atoms with Crippen LogP contribution in [0.5, 0.6) is 5.75 Å². The van der Waals surface area contributed by atoms with Gasteiger partial charge in [-0.15, -0.1) is 11.3 Å². The molecule has 0 aliphatic heterocycles. The van der Waals surface area contributed by atoms with Crippen LogP contribution in [-0.2, 0) is 13.1 Å². The Morgan fingerprint density at radius 2 is 2.19 bits per heavy atom. The van der Waals surface area contributed by atoms with E-state index in [1.807, 2.05) is 17.5 Å². The van der Waals surface area contributed by atoms with E-state index in [-0.39, 0.29) is 0 Å². The van der Waals surface area contributed by atoms with E-state index in [0.29, 0.717) is 6.54 Å². The van der Waals surface area contributed by atoms with E-state index in [4.69, 9.17) is 15.5 Å². The van der Waals surface area contributed by atoms with Crippen LogP contribution in [0.2, 0.25) is 0 Å². The molecular formula is C15H18N4OS. The summed E-state index contributed by atoms with van der Waals surface area (Å²) >= 11 is 1.57. The minimum atomic E-state index is 0.465. The van der Waals surface area contributed by atoms with Crippen LogP contribution in [-0.4, -0.2) is 21.6 Å². The first kappa shape index (κ1) is 14.0. The van der Waals surface area contributed by atoms with Crippen LogP contribution in [0.1, 0.15) is 18.4 Å². The first-order valence-electron chi connectivity index (χ1n) is 6.96. The zero-order chi connectivity index (χ0) is 14.8. The zero-order valence-corrected chi connectivity index (χ0v) is 13.0. The molecule has 0 saturated heterocycles. The van der Waals surface area contributed by atoms with Crippen molar-refractivity contribution < 1.29 is 4.74 Å². The molecule has 0 amide bonds. The third-order valence-electron chi connectivity index (χ3n) is 3.36. The van der Waals surface area contributed by atoms with E-state index >= 15 is 0 Å². The number of thiazole rings is 1. The Kier molecular flexibility index (Phi) is 3.90. The fourth-order valence-electron chi connectivity index (χ4n) is 2.39. The molecule has 2 heterocycles. The molecule has 0 atom stereocenters. The lowest BCUT2D eigenvalue weighted by Crippen LogP contribution is -2.00. The van der Waals surface area contributed by atoms with Crippen molar-refractivity contribution >= 4 is 22.4 Å². The third kappa shape index (κ3) is 2.52. The van der Waals surface area contributed by atoms with Crippen molar-refractivity contribution in [2.45, 2.75) is 26.4 Å². The van der Waals surface area contributed by atoms with Crippen LogP contribution in [0.25, 0.3) is 22.6 Å². The third-order valence-corrected chi connectivity index (χ3v) is 4.23. The van der Waals surface area contributed by atoms with Gasteiger partial charge < -0.3 is 15.0 Å². The summed E-state index contributed by atoms with van der Waals surface area (Å²) in [6, 6.07) is 5.98. The molecule has 0 fully saturated rings. The Bertz CT molecular complexity index is 762. The van der Waals surface area contributed by atoms with Crippen molar-refractivity contribution in [2.75, 3.05) is 7.11 Å². The number of aryl methyl sites for hydroxylation is 1. The Labute approximate surface area is 127 Å². The number of ether oxygens (including phenoxy) is 1. The Morgan fingerprint density at radius 1 is 1.33 bits per heavy atom. The maximum Gasteiger partial charge on any atom is 0.160 e. The second-order valence-electron chi connectivity index (χ2n) is 4.77. The Balaban J connectivity index is 2.17. The quantitative estimate of drug-likeness (QED) is 0.786. The lowest BCUT2D eigenvalue weighted by atomic mass is 10.3. The fraction of sp³-hybridized carbons (Fsp3) is 0.333. The van der Waals surface area contributed by atoms with Crippen molar-refractivity contribution in [3.63, 3.8) is 0 Å². The number of hydrogen-bond acceptors (Lipinski definition) is 5. The smallest absolute Gasteiger partial charge is 0.160 e. The van der Waals surface area contributed by atoms with Gasteiger partial charge in [-0.2, -0.15) is 0 Å². The first-order valence-corrected chi connectivity index (χ1v) is 7.84. The maximum absolute atomic E-state index is 5.66. The largest absolute Gasteiger partial charge is 0.497 e. The number of aromatic nitrogens is 3. The van der Waals surface area contributed by atoms with Gasteiger partial charge in [0, 0.05) is 24.5 Å². The Hall–Kier alpha value is -1.92. The number of fused-ring (bicyclic) bond motifs is 1. The molecular weight excluding hydrogens is 284 g/mol. The van der Waals surface area contributed by atoms with Gasteiger partial charge in [-0.3, -0.25) is 0 Å².